The SMILES string of the molecule is Cc1cnc(-c2cc(C(=O)Nc3ccc(C)c(Nc4ncccc4-c4cc(NCCN5CCOCC5)ncn4)c3)cc(C(F)(F)F)c2)[nH]1. The highest BCUT2D eigenvalue weighted by Gasteiger charge is 2.32. The van der Waals surface area contributed by atoms with Gasteiger partial charge in [0.2, 0.25) is 0 Å². The maximum absolute atomic E-state index is 13.8. The Hall–Kier alpha value is -5.34. The van der Waals surface area contributed by atoms with E-state index in [1.165, 1.54) is 18.6 Å². The molecule has 0 spiro atoms. The lowest BCUT2D eigenvalue weighted by Crippen LogP contribution is -2.39. The van der Waals surface area contributed by atoms with Crippen LogP contribution in [0.4, 0.5) is 36.2 Å². The van der Waals surface area contributed by atoms with Crippen LogP contribution < -0.4 is 16.0 Å². The molecular formula is C34H34F3N9O2. The maximum atomic E-state index is 13.8. The molecule has 1 aliphatic rings. The number of rotatable bonds is 10. The second-order valence-corrected chi connectivity index (χ2v) is 11.4. The first-order chi connectivity index (χ1) is 23.1. The normalized spacial score (nSPS) is 13.7. The van der Waals surface area contributed by atoms with Gasteiger partial charge in [0.1, 0.15) is 23.8 Å². The molecular weight excluding hydrogens is 623 g/mol. The summed E-state index contributed by atoms with van der Waals surface area (Å²) in [4.78, 5) is 36.1. The first-order valence-electron chi connectivity index (χ1n) is 15.4. The van der Waals surface area contributed by atoms with Crippen LogP contribution in [0.3, 0.4) is 0 Å². The predicted octanol–water partition coefficient (Wildman–Crippen LogP) is 6.30. The van der Waals surface area contributed by atoms with E-state index in [2.05, 4.69) is 45.8 Å². The highest BCUT2D eigenvalue weighted by Crippen LogP contribution is 2.34. The van der Waals surface area contributed by atoms with Crippen molar-refractivity contribution in [2.24, 2.45) is 0 Å². The van der Waals surface area contributed by atoms with Crippen molar-refractivity contribution in [3.05, 3.63) is 95.7 Å². The van der Waals surface area contributed by atoms with E-state index in [1.54, 1.807) is 31.3 Å². The quantitative estimate of drug-likeness (QED) is 0.137. The van der Waals surface area contributed by atoms with E-state index in [4.69, 9.17) is 4.74 Å². The number of hydrogen-bond acceptors (Lipinski definition) is 9. The number of ether oxygens (including phenoxy) is 1. The van der Waals surface area contributed by atoms with Gasteiger partial charge in [0, 0.05) is 78.4 Å². The van der Waals surface area contributed by atoms with Crippen molar-refractivity contribution in [3.63, 3.8) is 0 Å². The van der Waals surface area contributed by atoms with Gasteiger partial charge in [0.25, 0.3) is 5.91 Å². The van der Waals surface area contributed by atoms with Crippen LogP contribution in [0.5, 0.6) is 0 Å². The summed E-state index contributed by atoms with van der Waals surface area (Å²) in [5.41, 5.74) is 2.99. The number of carbonyl (C=O) groups is 1. The Bertz CT molecular complexity index is 1910. The van der Waals surface area contributed by atoms with E-state index in [9.17, 15) is 18.0 Å². The van der Waals surface area contributed by atoms with Crippen LogP contribution in [0.25, 0.3) is 22.6 Å². The van der Waals surface area contributed by atoms with Gasteiger partial charge in [0.05, 0.1) is 24.5 Å². The molecule has 4 N–H and O–H groups in total. The Morgan fingerprint density at radius 1 is 1.00 bits per heavy atom. The van der Waals surface area contributed by atoms with Crippen molar-refractivity contribution in [2.75, 3.05) is 55.3 Å². The fourth-order valence-corrected chi connectivity index (χ4v) is 5.26. The van der Waals surface area contributed by atoms with E-state index in [1.807, 2.05) is 25.1 Å². The number of nitrogens with one attached hydrogen (secondary N) is 4. The number of imidazole rings is 1. The van der Waals surface area contributed by atoms with Gasteiger partial charge >= 0.3 is 6.18 Å². The first kappa shape index (κ1) is 32.6. The predicted molar refractivity (Wildman–Crippen MR) is 177 cm³/mol. The Morgan fingerprint density at radius 3 is 2.60 bits per heavy atom. The van der Waals surface area contributed by atoms with Crippen LogP contribution >= 0.6 is 0 Å². The standard InChI is InChI=1S/C34H34F3N9O2/c1-21-5-6-26(44-33(47)24-14-23(31-40-19-22(2)43-31)15-25(16-24)34(35,36)37)17-28(21)45-32-27(4-3-7-39-32)29-18-30(42-20-41-29)38-8-9-46-10-12-48-13-11-46/h3-7,14-20H,8-13H2,1-2H3,(H,39,45)(H,40,43)(H,44,47)(H,38,41,42). The summed E-state index contributed by atoms with van der Waals surface area (Å²) in [5.74, 6) is 0.746. The third-order valence-electron chi connectivity index (χ3n) is 7.84. The minimum absolute atomic E-state index is 0.150. The number of benzene rings is 2. The molecule has 1 amide bonds. The zero-order valence-electron chi connectivity index (χ0n) is 26.4. The monoisotopic (exact) mass is 657 g/mol. The van der Waals surface area contributed by atoms with Crippen molar-refractivity contribution in [3.8, 4) is 22.6 Å². The molecule has 1 fully saturated rings. The van der Waals surface area contributed by atoms with Gasteiger partial charge in [0.15, 0.2) is 0 Å². The van der Waals surface area contributed by atoms with E-state index >= 15 is 0 Å². The molecule has 48 heavy (non-hydrogen) atoms. The van der Waals surface area contributed by atoms with Crippen LogP contribution in [0.1, 0.15) is 27.2 Å². The molecule has 1 saturated heterocycles. The molecule has 2 aromatic carbocycles. The van der Waals surface area contributed by atoms with Crippen molar-refractivity contribution in [2.45, 2.75) is 20.0 Å². The molecule has 1 aliphatic heterocycles. The van der Waals surface area contributed by atoms with E-state index in [-0.39, 0.29) is 17.0 Å². The molecule has 0 saturated carbocycles. The van der Waals surface area contributed by atoms with E-state index in [0.29, 0.717) is 34.4 Å². The summed E-state index contributed by atoms with van der Waals surface area (Å²) >= 11 is 0. The summed E-state index contributed by atoms with van der Waals surface area (Å²) in [6, 6.07) is 13.9. The highest BCUT2D eigenvalue weighted by atomic mass is 19.4. The number of morpholine rings is 1. The second kappa shape index (κ2) is 14.2. The Labute approximate surface area is 275 Å². The number of aromatic amines is 1. The molecule has 11 nitrogen and oxygen atoms in total. The zero-order chi connectivity index (χ0) is 33.7. The third-order valence-corrected chi connectivity index (χ3v) is 7.84. The molecule has 0 bridgehead atoms. The number of amides is 1. The Balaban J connectivity index is 1.20. The number of alkyl halides is 3. The van der Waals surface area contributed by atoms with Crippen LogP contribution in [-0.2, 0) is 10.9 Å². The van der Waals surface area contributed by atoms with Crippen molar-refractivity contribution in [1.29, 1.82) is 0 Å². The number of halogens is 3. The molecule has 0 aliphatic carbocycles. The number of pyridine rings is 1. The minimum atomic E-state index is -4.66. The lowest BCUT2D eigenvalue weighted by Gasteiger charge is -2.26. The van der Waals surface area contributed by atoms with E-state index < -0.39 is 17.6 Å². The molecule has 0 atom stereocenters. The smallest absolute Gasteiger partial charge is 0.379 e. The average Bonchev–Trinajstić information content (AvgIpc) is 3.53. The molecule has 4 heterocycles. The van der Waals surface area contributed by atoms with Crippen LogP contribution in [0.15, 0.2) is 73.3 Å². The van der Waals surface area contributed by atoms with Crippen LogP contribution in [0.2, 0.25) is 0 Å². The topological polar surface area (TPSA) is 133 Å². The maximum Gasteiger partial charge on any atom is 0.416 e. The van der Waals surface area contributed by atoms with Gasteiger partial charge < -0.3 is 25.7 Å². The average molecular weight is 658 g/mol. The van der Waals surface area contributed by atoms with Crippen molar-refractivity contribution in [1.82, 2.24) is 29.8 Å². The fraction of sp³-hybridized carbons (Fsp3) is 0.265. The molecule has 3 aromatic heterocycles. The van der Waals surface area contributed by atoms with Gasteiger partial charge in [-0.1, -0.05) is 6.07 Å². The molecule has 6 rings (SSSR count). The third kappa shape index (κ3) is 7.96. The summed E-state index contributed by atoms with van der Waals surface area (Å²) in [5, 5.41) is 9.43. The highest BCUT2D eigenvalue weighted by molar-refractivity contribution is 6.05. The number of carbonyl (C=O) groups excluding carboxylic acids is 1. The molecule has 248 valence electrons. The lowest BCUT2D eigenvalue weighted by molar-refractivity contribution is -0.137. The second-order valence-electron chi connectivity index (χ2n) is 11.4. The first-order valence-corrected chi connectivity index (χ1v) is 15.4. The lowest BCUT2D eigenvalue weighted by atomic mass is 10.0. The van der Waals surface area contributed by atoms with Crippen LogP contribution in [0, 0.1) is 13.8 Å². The van der Waals surface area contributed by atoms with Crippen molar-refractivity contribution < 1.29 is 22.7 Å². The minimum Gasteiger partial charge on any atom is -0.379 e. The number of hydrogen-bond donors (Lipinski definition) is 4. The van der Waals surface area contributed by atoms with Gasteiger partial charge in [-0.05, 0) is 61.9 Å². The number of nitrogens with zero attached hydrogens (tertiary/aromatic N) is 5. The van der Waals surface area contributed by atoms with Gasteiger partial charge in [-0.25, -0.2) is 19.9 Å². The summed E-state index contributed by atoms with van der Waals surface area (Å²) in [6.07, 6.45) is 0.00697. The van der Waals surface area contributed by atoms with Gasteiger partial charge in [-0.15, -0.1) is 0 Å². The molecule has 5 aromatic rings. The van der Waals surface area contributed by atoms with Crippen LogP contribution in [-0.4, -0.2) is 75.1 Å². The molecule has 0 radical (unpaired) electrons. The summed E-state index contributed by atoms with van der Waals surface area (Å²) < 4.78 is 46.7. The van der Waals surface area contributed by atoms with Gasteiger partial charge in [-0.2, -0.15) is 13.2 Å². The molecule has 0 unspecified atom stereocenters. The van der Waals surface area contributed by atoms with E-state index in [0.717, 1.165) is 62.7 Å². The summed E-state index contributed by atoms with van der Waals surface area (Å²) in [6.45, 7) is 8.52. The molecule has 14 heteroatoms. The number of aromatic nitrogens is 5. The largest absolute Gasteiger partial charge is 0.416 e. The van der Waals surface area contributed by atoms with Gasteiger partial charge in [-0.3, -0.25) is 9.69 Å². The fourth-order valence-electron chi connectivity index (χ4n) is 5.26. The zero-order valence-corrected chi connectivity index (χ0v) is 26.4. The Morgan fingerprint density at radius 2 is 1.83 bits per heavy atom. The Kier molecular flexibility index (Phi) is 9.64. The van der Waals surface area contributed by atoms with Crippen molar-refractivity contribution >= 4 is 28.9 Å². The number of H-pyrrole nitrogens is 1. The number of anilines is 4. The number of aryl methyl sites for hydroxylation is 2. The summed E-state index contributed by atoms with van der Waals surface area (Å²) in [7, 11) is 0.